The first-order valence-corrected chi connectivity index (χ1v) is 6.32. The van der Waals surface area contributed by atoms with Gasteiger partial charge >= 0.3 is 11.9 Å². The van der Waals surface area contributed by atoms with E-state index in [1.807, 2.05) is 13.0 Å². The fourth-order valence-electron chi connectivity index (χ4n) is 1.32. The van der Waals surface area contributed by atoms with Gasteiger partial charge in [0.05, 0.1) is 13.2 Å². The maximum Gasteiger partial charge on any atom is 0.347 e. The third kappa shape index (κ3) is 4.72. The zero-order valence-corrected chi connectivity index (χ0v) is 11.8. The van der Waals surface area contributed by atoms with Crippen molar-refractivity contribution in [2.75, 3.05) is 18.5 Å². The molecule has 0 aliphatic carbocycles. The summed E-state index contributed by atoms with van der Waals surface area (Å²) in [7, 11) is 0. The predicted molar refractivity (Wildman–Crippen MR) is 73.9 cm³/mol. The number of ether oxygens (including phenoxy) is 2. The number of esters is 2. The molecular formula is C14H18N2O4. The molecule has 0 saturated heterocycles. The molecule has 1 aromatic rings. The fraction of sp³-hybridized carbons (Fsp3) is 0.357. The van der Waals surface area contributed by atoms with Crippen LogP contribution in [0.5, 0.6) is 0 Å². The number of nitrogens with one attached hydrogen (secondary N) is 1. The number of nitrogens with zero attached hydrogens (tertiary/aromatic N) is 1. The summed E-state index contributed by atoms with van der Waals surface area (Å²) in [6.07, 6.45) is 2.91. The summed E-state index contributed by atoms with van der Waals surface area (Å²) in [6, 6.07) is 3.59. The number of carbonyl (C=O) groups excluding carboxylic acids is 2. The van der Waals surface area contributed by atoms with Crippen molar-refractivity contribution in [1.82, 2.24) is 4.98 Å². The highest BCUT2D eigenvalue weighted by molar-refractivity contribution is 6.14. The molecule has 6 heteroatoms. The van der Waals surface area contributed by atoms with Gasteiger partial charge in [0, 0.05) is 12.4 Å². The molecule has 0 aliphatic heterocycles. The Morgan fingerprint density at radius 2 is 1.80 bits per heavy atom. The molecular weight excluding hydrogens is 260 g/mol. The lowest BCUT2D eigenvalue weighted by atomic mass is 10.3. The van der Waals surface area contributed by atoms with Gasteiger partial charge in [0.25, 0.3) is 0 Å². The second-order valence-electron chi connectivity index (χ2n) is 3.86. The van der Waals surface area contributed by atoms with E-state index in [1.54, 1.807) is 26.1 Å². The van der Waals surface area contributed by atoms with E-state index in [0.717, 1.165) is 5.56 Å². The predicted octanol–water partition coefficient (Wildman–Crippen LogP) is 1.81. The Bertz CT molecular complexity index is 474. The van der Waals surface area contributed by atoms with E-state index < -0.39 is 11.9 Å². The zero-order chi connectivity index (χ0) is 15.0. The SMILES string of the molecule is CCOC(=O)C(=CNc1ccc(C)cn1)C(=O)OCC. The highest BCUT2D eigenvalue weighted by Crippen LogP contribution is 2.07. The van der Waals surface area contributed by atoms with Gasteiger partial charge in [-0.3, -0.25) is 0 Å². The molecule has 20 heavy (non-hydrogen) atoms. The van der Waals surface area contributed by atoms with Gasteiger partial charge in [0.2, 0.25) is 0 Å². The molecule has 1 heterocycles. The minimum absolute atomic E-state index is 0.179. The van der Waals surface area contributed by atoms with Crippen LogP contribution in [0.3, 0.4) is 0 Å². The monoisotopic (exact) mass is 278 g/mol. The van der Waals surface area contributed by atoms with Crippen LogP contribution >= 0.6 is 0 Å². The maximum absolute atomic E-state index is 11.7. The third-order valence-electron chi connectivity index (χ3n) is 2.27. The fourth-order valence-corrected chi connectivity index (χ4v) is 1.32. The molecule has 1 rings (SSSR count). The summed E-state index contributed by atoms with van der Waals surface area (Å²) >= 11 is 0. The van der Waals surface area contributed by atoms with Crippen LogP contribution in [0.4, 0.5) is 5.82 Å². The van der Waals surface area contributed by atoms with Crippen molar-refractivity contribution in [2.45, 2.75) is 20.8 Å². The average molecular weight is 278 g/mol. The molecule has 1 aromatic heterocycles. The molecule has 0 aliphatic rings. The minimum atomic E-state index is -0.731. The van der Waals surface area contributed by atoms with Crippen LogP contribution in [-0.2, 0) is 19.1 Å². The average Bonchev–Trinajstić information content (AvgIpc) is 2.42. The van der Waals surface area contributed by atoms with E-state index in [2.05, 4.69) is 10.3 Å². The van der Waals surface area contributed by atoms with Crippen molar-refractivity contribution in [3.05, 3.63) is 35.7 Å². The van der Waals surface area contributed by atoms with Crippen LogP contribution in [0, 0.1) is 6.92 Å². The molecule has 108 valence electrons. The largest absolute Gasteiger partial charge is 0.462 e. The Kier molecular flexibility index (Phi) is 6.22. The van der Waals surface area contributed by atoms with Gasteiger partial charge in [-0.1, -0.05) is 6.07 Å². The van der Waals surface area contributed by atoms with Crippen LogP contribution in [0.15, 0.2) is 30.1 Å². The Morgan fingerprint density at radius 1 is 1.20 bits per heavy atom. The Balaban J connectivity index is 2.86. The summed E-state index contributed by atoms with van der Waals surface area (Å²) in [6.45, 7) is 5.59. The van der Waals surface area contributed by atoms with Crippen molar-refractivity contribution in [3.63, 3.8) is 0 Å². The van der Waals surface area contributed by atoms with Gasteiger partial charge in [-0.05, 0) is 32.4 Å². The Hall–Kier alpha value is -2.37. The lowest BCUT2D eigenvalue weighted by Crippen LogP contribution is -2.19. The quantitative estimate of drug-likeness (QED) is 0.370. The molecule has 6 nitrogen and oxygen atoms in total. The normalized spacial score (nSPS) is 9.55. The van der Waals surface area contributed by atoms with Crippen LogP contribution in [-0.4, -0.2) is 30.1 Å². The molecule has 0 atom stereocenters. The summed E-state index contributed by atoms with van der Waals surface area (Å²) in [4.78, 5) is 27.5. The van der Waals surface area contributed by atoms with Crippen molar-refractivity contribution in [3.8, 4) is 0 Å². The van der Waals surface area contributed by atoms with E-state index in [1.165, 1.54) is 6.20 Å². The van der Waals surface area contributed by atoms with Crippen molar-refractivity contribution in [2.24, 2.45) is 0 Å². The van der Waals surface area contributed by atoms with Crippen molar-refractivity contribution >= 4 is 17.8 Å². The van der Waals surface area contributed by atoms with Crippen LogP contribution in [0.25, 0.3) is 0 Å². The van der Waals surface area contributed by atoms with E-state index >= 15 is 0 Å². The lowest BCUT2D eigenvalue weighted by molar-refractivity contribution is -0.146. The topological polar surface area (TPSA) is 77.5 Å². The van der Waals surface area contributed by atoms with Gasteiger partial charge in [-0.15, -0.1) is 0 Å². The molecule has 0 fully saturated rings. The number of anilines is 1. The molecule has 0 aromatic carbocycles. The van der Waals surface area contributed by atoms with Gasteiger partial charge in [0.1, 0.15) is 5.82 Å². The van der Waals surface area contributed by atoms with Crippen LogP contribution in [0.1, 0.15) is 19.4 Å². The Labute approximate surface area is 117 Å². The van der Waals surface area contributed by atoms with E-state index in [-0.39, 0.29) is 18.8 Å². The molecule has 0 radical (unpaired) electrons. The Morgan fingerprint density at radius 3 is 2.25 bits per heavy atom. The molecule has 0 spiro atoms. The summed E-state index contributed by atoms with van der Waals surface area (Å²) in [5.74, 6) is -0.946. The van der Waals surface area contributed by atoms with Gasteiger partial charge in [0.15, 0.2) is 5.57 Å². The highest BCUT2D eigenvalue weighted by atomic mass is 16.6. The minimum Gasteiger partial charge on any atom is -0.462 e. The standard InChI is InChI=1S/C14H18N2O4/c1-4-19-13(17)11(14(18)20-5-2)9-16-12-7-6-10(3)8-15-12/h6-9H,4-5H2,1-3H3,(H,15,16). The third-order valence-corrected chi connectivity index (χ3v) is 2.27. The number of aryl methyl sites for hydroxylation is 1. The number of carbonyl (C=O) groups is 2. The molecule has 0 amide bonds. The maximum atomic E-state index is 11.7. The van der Waals surface area contributed by atoms with Crippen LogP contribution in [0.2, 0.25) is 0 Å². The first kappa shape index (κ1) is 15.7. The first-order valence-electron chi connectivity index (χ1n) is 6.32. The second-order valence-corrected chi connectivity index (χ2v) is 3.86. The summed E-state index contributed by atoms with van der Waals surface area (Å²) in [5.41, 5.74) is 0.812. The molecule has 0 saturated carbocycles. The van der Waals surface area contributed by atoms with E-state index in [4.69, 9.17) is 9.47 Å². The summed E-state index contributed by atoms with van der Waals surface area (Å²) in [5, 5.41) is 2.78. The number of pyridine rings is 1. The van der Waals surface area contributed by atoms with E-state index in [9.17, 15) is 9.59 Å². The number of hydrogen-bond donors (Lipinski definition) is 1. The highest BCUT2D eigenvalue weighted by Gasteiger charge is 2.20. The van der Waals surface area contributed by atoms with Gasteiger partial charge in [-0.25, -0.2) is 14.6 Å². The van der Waals surface area contributed by atoms with Crippen molar-refractivity contribution in [1.29, 1.82) is 0 Å². The van der Waals surface area contributed by atoms with Gasteiger partial charge < -0.3 is 14.8 Å². The molecule has 0 bridgehead atoms. The van der Waals surface area contributed by atoms with Crippen LogP contribution < -0.4 is 5.32 Å². The van der Waals surface area contributed by atoms with E-state index in [0.29, 0.717) is 5.82 Å². The molecule has 1 N–H and O–H groups in total. The number of rotatable bonds is 6. The number of hydrogen-bond acceptors (Lipinski definition) is 6. The second kappa shape index (κ2) is 7.93. The first-order chi connectivity index (χ1) is 9.58. The lowest BCUT2D eigenvalue weighted by Gasteiger charge is -2.07. The summed E-state index contributed by atoms with van der Waals surface area (Å²) < 4.78 is 9.62. The zero-order valence-electron chi connectivity index (χ0n) is 11.8. The molecule has 0 unspecified atom stereocenters. The number of aromatic nitrogens is 1. The smallest absolute Gasteiger partial charge is 0.347 e. The van der Waals surface area contributed by atoms with Crippen molar-refractivity contribution < 1.29 is 19.1 Å². The van der Waals surface area contributed by atoms with Gasteiger partial charge in [-0.2, -0.15) is 0 Å².